The van der Waals surface area contributed by atoms with Crippen LogP contribution in [0.15, 0.2) is 42.5 Å². The Balaban J connectivity index is 1.99. The molecule has 0 aliphatic rings. The number of rotatable bonds is 6. The Hall–Kier alpha value is -2.00. The zero-order valence-corrected chi connectivity index (χ0v) is 13.8. The zero-order chi connectivity index (χ0) is 15.6. The Kier molecular flexibility index (Phi) is 6.78. The number of unbranched alkanes of at least 4 members (excludes halogenated alkanes) is 3. The lowest BCUT2D eigenvalue weighted by atomic mass is 10.0. The summed E-state index contributed by atoms with van der Waals surface area (Å²) >= 11 is 0. The van der Waals surface area contributed by atoms with Crippen molar-refractivity contribution in [3.63, 3.8) is 0 Å². The van der Waals surface area contributed by atoms with Crippen molar-refractivity contribution in [1.82, 2.24) is 0 Å². The fourth-order valence-corrected chi connectivity index (χ4v) is 2.46. The molecule has 0 atom stereocenters. The smallest absolute Gasteiger partial charge is 0.0257 e. The van der Waals surface area contributed by atoms with Crippen LogP contribution >= 0.6 is 0 Å². The Labute approximate surface area is 135 Å². The molecule has 0 nitrogen and oxygen atoms in total. The Morgan fingerprint density at radius 2 is 1.59 bits per heavy atom. The largest absolute Gasteiger partial charge is 0.0654 e. The highest BCUT2D eigenvalue weighted by Gasteiger charge is 1.95. The highest BCUT2D eigenvalue weighted by atomic mass is 14.0. The van der Waals surface area contributed by atoms with Crippen molar-refractivity contribution in [3.05, 3.63) is 70.8 Å². The van der Waals surface area contributed by atoms with Gasteiger partial charge in [-0.1, -0.05) is 63.1 Å². The van der Waals surface area contributed by atoms with E-state index in [1.807, 2.05) is 6.07 Å². The lowest BCUT2D eigenvalue weighted by Gasteiger charge is -2.01. The van der Waals surface area contributed by atoms with Gasteiger partial charge in [-0.25, -0.2) is 0 Å². The van der Waals surface area contributed by atoms with Crippen LogP contribution in [0.1, 0.15) is 61.8 Å². The summed E-state index contributed by atoms with van der Waals surface area (Å²) < 4.78 is 0. The predicted octanol–water partition coefficient (Wildman–Crippen LogP) is 5.57. The van der Waals surface area contributed by atoms with E-state index < -0.39 is 0 Å². The van der Waals surface area contributed by atoms with Crippen molar-refractivity contribution in [1.29, 1.82) is 0 Å². The second kappa shape index (κ2) is 9.11. The first kappa shape index (κ1) is 16.4. The minimum Gasteiger partial charge on any atom is -0.0654 e. The minimum atomic E-state index is 1.06. The van der Waals surface area contributed by atoms with Gasteiger partial charge in [-0.05, 0) is 60.7 Å². The van der Waals surface area contributed by atoms with Gasteiger partial charge in [0.15, 0.2) is 0 Å². The molecule has 22 heavy (non-hydrogen) atoms. The second-order valence-corrected chi connectivity index (χ2v) is 5.74. The van der Waals surface area contributed by atoms with Gasteiger partial charge in [-0.3, -0.25) is 0 Å². The van der Waals surface area contributed by atoms with Crippen molar-refractivity contribution in [2.24, 2.45) is 0 Å². The van der Waals surface area contributed by atoms with E-state index in [-0.39, 0.29) is 0 Å². The SMILES string of the molecule is CCCCCCc1c[c]cc(C#Cc2ccc(CC)cc2)c1. The molecule has 0 heteroatoms. The van der Waals surface area contributed by atoms with Gasteiger partial charge in [0.05, 0.1) is 0 Å². The molecule has 2 aromatic rings. The minimum absolute atomic E-state index is 1.06. The van der Waals surface area contributed by atoms with E-state index in [1.54, 1.807) is 0 Å². The molecule has 0 bridgehead atoms. The Morgan fingerprint density at radius 1 is 0.818 bits per heavy atom. The maximum Gasteiger partial charge on any atom is 0.0257 e. The molecule has 2 aromatic carbocycles. The number of aryl methyl sites for hydroxylation is 2. The summed E-state index contributed by atoms with van der Waals surface area (Å²) in [4.78, 5) is 0. The monoisotopic (exact) mass is 289 g/mol. The summed E-state index contributed by atoms with van der Waals surface area (Å²) in [6.07, 6.45) is 7.40. The highest BCUT2D eigenvalue weighted by Crippen LogP contribution is 2.10. The van der Waals surface area contributed by atoms with Gasteiger partial charge in [0.2, 0.25) is 0 Å². The first-order valence-electron chi connectivity index (χ1n) is 8.42. The maximum absolute atomic E-state index is 3.26. The Morgan fingerprint density at radius 3 is 2.32 bits per heavy atom. The normalized spacial score (nSPS) is 10.1. The quantitative estimate of drug-likeness (QED) is 0.481. The fourth-order valence-electron chi connectivity index (χ4n) is 2.46. The molecule has 0 aliphatic heterocycles. The third-order valence-corrected chi connectivity index (χ3v) is 3.88. The van der Waals surface area contributed by atoms with Gasteiger partial charge in [-0.15, -0.1) is 0 Å². The molecular formula is C22H25. The van der Waals surface area contributed by atoms with Crippen LogP contribution in [0.2, 0.25) is 0 Å². The van der Waals surface area contributed by atoms with Gasteiger partial charge in [0.1, 0.15) is 0 Å². The van der Waals surface area contributed by atoms with Gasteiger partial charge in [0, 0.05) is 11.1 Å². The fraction of sp³-hybridized carbons (Fsp3) is 0.364. The molecule has 0 N–H and O–H groups in total. The summed E-state index contributed by atoms with van der Waals surface area (Å²) in [5.41, 5.74) is 4.84. The molecule has 0 spiro atoms. The van der Waals surface area contributed by atoms with Gasteiger partial charge < -0.3 is 0 Å². The molecular weight excluding hydrogens is 264 g/mol. The molecule has 113 valence electrons. The first-order chi connectivity index (χ1) is 10.8. The van der Waals surface area contributed by atoms with E-state index in [0.29, 0.717) is 0 Å². The molecule has 0 saturated heterocycles. The van der Waals surface area contributed by atoms with Gasteiger partial charge in [0.25, 0.3) is 0 Å². The third-order valence-electron chi connectivity index (χ3n) is 3.88. The van der Waals surface area contributed by atoms with Crippen LogP contribution in [0.25, 0.3) is 0 Å². The van der Waals surface area contributed by atoms with Crippen LogP contribution in [0, 0.1) is 17.9 Å². The maximum atomic E-state index is 3.26. The number of benzene rings is 2. The molecule has 0 aliphatic carbocycles. The average molecular weight is 289 g/mol. The molecule has 0 fully saturated rings. The standard InChI is InChI=1S/C22H25/c1-3-5-6-7-9-21-10-8-11-22(18-21)17-16-20-14-12-19(4-2)13-15-20/h10-15,18H,3-7,9H2,1-2H3. The molecule has 2 rings (SSSR count). The molecule has 0 aromatic heterocycles. The van der Waals surface area contributed by atoms with Crippen molar-refractivity contribution in [3.8, 4) is 11.8 Å². The third kappa shape index (κ3) is 5.41. The van der Waals surface area contributed by atoms with Crippen LogP contribution in [-0.2, 0) is 12.8 Å². The molecule has 1 radical (unpaired) electrons. The number of hydrogen-bond acceptors (Lipinski definition) is 0. The van der Waals surface area contributed by atoms with E-state index in [1.165, 1.54) is 36.8 Å². The van der Waals surface area contributed by atoms with E-state index in [2.05, 4.69) is 68.2 Å². The van der Waals surface area contributed by atoms with Gasteiger partial charge >= 0.3 is 0 Å². The summed E-state index contributed by atoms with van der Waals surface area (Å²) in [7, 11) is 0. The molecule has 0 heterocycles. The van der Waals surface area contributed by atoms with E-state index in [4.69, 9.17) is 0 Å². The van der Waals surface area contributed by atoms with Crippen molar-refractivity contribution < 1.29 is 0 Å². The van der Waals surface area contributed by atoms with E-state index in [9.17, 15) is 0 Å². The average Bonchev–Trinajstić information content (AvgIpc) is 2.58. The summed E-state index contributed by atoms with van der Waals surface area (Å²) in [5, 5.41) is 0. The van der Waals surface area contributed by atoms with Crippen LogP contribution in [-0.4, -0.2) is 0 Å². The zero-order valence-electron chi connectivity index (χ0n) is 13.8. The van der Waals surface area contributed by atoms with E-state index >= 15 is 0 Å². The topological polar surface area (TPSA) is 0 Å². The first-order valence-corrected chi connectivity index (χ1v) is 8.42. The van der Waals surface area contributed by atoms with Crippen LogP contribution in [0.3, 0.4) is 0 Å². The summed E-state index contributed by atoms with van der Waals surface area (Å²) in [6, 6.07) is 18.0. The molecule has 0 unspecified atom stereocenters. The number of hydrogen-bond donors (Lipinski definition) is 0. The van der Waals surface area contributed by atoms with Crippen LogP contribution in [0.4, 0.5) is 0 Å². The molecule has 0 amide bonds. The van der Waals surface area contributed by atoms with E-state index in [0.717, 1.165) is 24.0 Å². The second-order valence-electron chi connectivity index (χ2n) is 5.74. The lowest BCUT2D eigenvalue weighted by molar-refractivity contribution is 0.667. The van der Waals surface area contributed by atoms with Crippen molar-refractivity contribution >= 4 is 0 Å². The highest BCUT2D eigenvalue weighted by molar-refractivity contribution is 5.44. The van der Waals surface area contributed by atoms with Crippen molar-refractivity contribution in [2.45, 2.75) is 52.4 Å². The molecule has 0 saturated carbocycles. The van der Waals surface area contributed by atoms with Crippen molar-refractivity contribution in [2.75, 3.05) is 0 Å². The van der Waals surface area contributed by atoms with Crippen LogP contribution < -0.4 is 0 Å². The lowest BCUT2D eigenvalue weighted by Crippen LogP contribution is -1.87. The van der Waals surface area contributed by atoms with Crippen LogP contribution in [0.5, 0.6) is 0 Å². The Bertz CT molecular complexity index is 623. The van der Waals surface area contributed by atoms with Gasteiger partial charge in [-0.2, -0.15) is 0 Å². The summed E-state index contributed by atoms with van der Waals surface area (Å²) in [6.45, 7) is 4.42. The summed E-state index contributed by atoms with van der Waals surface area (Å²) in [5.74, 6) is 6.51. The predicted molar refractivity (Wildman–Crippen MR) is 94.9 cm³/mol.